The summed E-state index contributed by atoms with van der Waals surface area (Å²) in [5.41, 5.74) is 1.38. The Kier molecular flexibility index (Phi) is 5.20. The third-order valence-electron chi connectivity index (χ3n) is 4.00. The smallest absolute Gasteiger partial charge is 0.251 e. The molecule has 1 aliphatic carbocycles. The molecule has 0 heterocycles. The van der Waals surface area contributed by atoms with Gasteiger partial charge in [0.15, 0.2) is 0 Å². The second-order valence-electron chi connectivity index (χ2n) is 5.42. The molecule has 0 aliphatic heterocycles. The van der Waals surface area contributed by atoms with Crippen molar-refractivity contribution in [2.75, 3.05) is 13.2 Å². The fourth-order valence-corrected chi connectivity index (χ4v) is 2.73. The van der Waals surface area contributed by atoms with Crippen LogP contribution >= 0.6 is 0 Å². The van der Waals surface area contributed by atoms with Crippen molar-refractivity contribution < 1.29 is 9.90 Å². The van der Waals surface area contributed by atoms with Crippen LogP contribution in [-0.2, 0) is 0 Å². The van der Waals surface area contributed by atoms with Crippen molar-refractivity contribution in [2.45, 2.75) is 26.2 Å². The Morgan fingerprint density at radius 2 is 2.30 bits per heavy atom. The first-order valence-corrected chi connectivity index (χ1v) is 7.18. The van der Waals surface area contributed by atoms with Crippen LogP contribution in [0.2, 0.25) is 0 Å². The van der Waals surface area contributed by atoms with Gasteiger partial charge in [0.1, 0.15) is 6.61 Å². The van der Waals surface area contributed by atoms with Crippen molar-refractivity contribution in [1.29, 1.82) is 0 Å². The Bertz CT molecular complexity index is 527. The molecule has 2 rings (SSSR count). The molecule has 2 atom stereocenters. The fraction of sp³-hybridized carbons (Fsp3) is 0.471. The molecule has 0 saturated heterocycles. The number of hydrogen-bond acceptors (Lipinski definition) is 2. The molecule has 20 heavy (non-hydrogen) atoms. The number of nitrogens with one attached hydrogen (secondary N) is 1. The van der Waals surface area contributed by atoms with Gasteiger partial charge in [-0.25, -0.2) is 0 Å². The average Bonchev–Trinajstić information content (AvgIpc) is 2.88. The predicted octanol–water partition coefficient (Wildman–Crippen LogP) is 2.20. The Morgan fingerprint density at radius 1 is 1.45 bits per heavy atom. The Balaban J connectivity index is 1.95. The van der Waals surface area contributed by atoms with Crippen molar-refractivity contribution in [2.24, 2.45) is 11.8 Å². The molecule has 0 bridgehead atoms. The van der Waals surface area contributed by atoms with Crippen LogP contribution in [0.3, 0.4) is 0 Å². The predicted molar refractivity (Wildman–Crippen MR) is 79.2 cm³/mol. The van der Waals surface area contributed by atoms with Crippen LogP contribution in [0.15, 0.2) is 24.3 Å². The highest BCUT2D eigenvalue weighted by molar-refractivity contribution is 5.94. The maximum atomic E-state index is 12.1. The third-order valence-corrected chi connectivity index (χ3v) is 4.00. The summed E-state index contributed by atoms with van der Waals surface area (Å²) in [6.45, 7) is 2.84. The van der Waals surface area contributed by atoms with Gasteiger partial charge in [0.05, 0.1) is 0 Å². The number of rotatable bonds is 3. The molecule has 1 amide bonds. The maximum Gasteiger partial charge on any atom is 0.251 e. The molecule has 106 valence electrons. The van der Waals surface area contributed by atoms with Gasteiger partial charge < -0.3 is 10.4 Å². The van der Waals surface area contributed by atoms with Crippen molar-refractivity contribution in [3.05, 3.63) is 35.4 Å². The monoisotopic (exact) mass is 271 g/mol. The van der Waals surface area contributed by atoms with Gasteiger partial charge in [0.2, 0.25) is 0 Å². The summed E-state index contributed by atoms with van der Waals surface area (Å²) in [5, 5.41) is 11.7. The van der Waals surface area contributed by atoms with Gasteiger partial charge >= 0.3 is 0 Å². The summed E-state index contributed by atoms with van der Waals surface area (Å²) < 4.78 is 0. The van der Waals surface area contributed by atoms with Crippen LogP contribution in [0.25, 0.3) is 0 Å². The molecule has 0 radical (unpaired) electrons. The van der Waals surface area contributed by atoms with Crippen LogP contribution in [-0.4, -0.2) is 24.2 Å². The Morgan fingerprint density at radius 3 is 3.00 bits per heavy atom. The van der Waals surface area contributed by atoms with E-state index in [2.05, 4.69) is 24.1 Å². The topological polar surface area (TPSA) is 49.3 Å². The number of aliphatic hydroxyl groups excluding tert-OH is 1. The number of hydrogen-bond donors (Lipinski definition) is 2. The Hall–Kier alpha value is -1.79. The minimum absolute atomic E-state index is 0.0447. The summed E-state index contributed by atoms with van der Waals surface area (Å²) >= 11 is 0. The van der Waals surface area contributed by atoms with Crippen molar-refractivity contribution in [3.8, 4) is 11.8 Å². The maximum absolute atomic E-state index is 12.1. The van der Waals surface area contributed by atoms with E-state index >= 15 is 0 Å². The minimum atomic E-state index is -0.171. The van der Waals surface area contributed by atoms with Gasteiger partial charge in [-0.15, -0.1) is 0 Å². The number of benzene rings is 1. The summed E-state index contributed by atoms with van der Waals surface area (Å²) in [7, 11) is 0. The van der Waals surface area contributed by atoms with E-state index in [1.54, 1.807) is 12.1 Å². The first-order valence-electron chi connectivity index (χ1n) is 7.18. The van der Waals surface area contributed by atoms with E-state index in [4.69, 9.17) is 5.11 Å². The molecule has 3 nitrogen and oxygen atoms in total. The first kappa shape index (κ1) is 14.6. The average molecular weight is 271 g/mol. The number of carbonyl (C=O) groups excluding carboxylic acids is 1. The molecule has 1 fully saturated rings. The van der Waals surface area contributed by atoms with Gasteiger partial charge in [-0.05, 0) is 36.5 Å². The van der Waals surface area contributed by atoms with Gasteiger partial charge in [-0.3, -0.25) is 4.79 Å². The quantitative estimate of drug-likeness (QED) is 0.828. The van der Waals surface area contributed by atoms with Gasteiger partial charge in [0.25, 0.3) is 5.91 Å². The fourth-order valence-electron chi connectivity index (χ4n) is 2.73. The highest BCUT2D eigenvalue weighted by Crippen LogP contribution is 2.30. The molecule has 2 unspecified atom stereocenters. The molecule has 0 aromatic heterocycles. The molecule has 2 N–H and O–H groups in total. The second kappa shape index (κ2) is 7.12. The van der Waals surface area contributed by atoms with E-state index in [0.29, 0.717) is 17.4 Å². The lowest BCUT2D eigenvalue weighted by molar-refractivity contribution is 0.0944. The molecule has 1 aromatic rings. The SMILES string of the molecule is CC1CCCC1CNC(=O)c1cccc(C#CCO)c1. The largest absolute Gasteiger partial charge is 0.384 e. The molecular formula is C17H21NO2. The zero-order valence-electron chi connectivity index (χ0n) is 11.9. The van der Waals surface area contributed by atoms with E-state index in [1.165, 1.54) is 19.3 Å². The number of aliphatic hydroxyl groups is 1. The van der Waals surface area contributed by atoms with Crippen molar-refractivity contribution in [1.82, 2.24) is 5.32 Å². The van der Waals surface area contributed by atoms with Crippen LogP contribution in [0, 0.1) is 23.7 Å². The van der Waals surface area contributed by atoms with E-state index in [1.807, 2.05) is 12.1 Å². The summed E-state index contributed by atoms with van der Waals surface area (Å²) in [6, 6.07) is 7.20. The minimum Gasteiger partial charge on any atom is -0.384 e. The highest BCUT2D eigenvalue weighted by atomic mass is 16.2. The third kappa shape index (κ3) is 3.85. The number of carbonyl (C=O) groups is 1. The van der Waals surface area contributed by atoms with Crippen molar-refractivity contribution >= 4 is 5.91 Å². The second-order valence-corrected chi connectivity index (χ2v) is 5.42. The highest BCUT2D eigenvalue weighted by Gasteiger charge is 2.23. The zero-order chi connectivity index (χ0) is 14.4. The summed E-state index contributed by atoms with van der Waals surface area (Å²) in [4.78, 5) is 12.1. The summed E-state index contributed by atoms with van der Waals surface area (Å²) in [6.07, 6.45) is 3.75. The lowest BCUT2D eigenvalue weighted by atomic mass is 9.98. The Labute approximate surface area is 120 Å². The van der Waals surface area contributed by atoms with Crippen LogP contribution in [0.1, 0.15) is 42.1 Å². The molecular weight excluding hydrogens is 250 g/mol. The zero-order valence-corrected chi connectivity index (χ0v) is 11.9. The lowest BCUT2D eigenvalue weighted by Crippen LogP contribution is -2.30. The van der Waals surface area contributed by atoms with Crippen LogP contribution in [0.4, 0.5) is 0 Å². The van der Waals surface area contributed by atoms with E-state index < -0.39 is 0 Å². The van der Waals surface area contributed by atoms with Crippen LogP contribution < -0.4 is 5.32 Å². The molecule has 0 spiro atoms. The van der Waals surface area contributed by atoms with Crippen LogP contribution in [0.5, 0.6) is 0 Å². The molecule has 3 heteroatoms. The van der Waals surface area contributed by atoms with E-state index in [0.717, 1.165) is 12.1 Å². The lowest BCUT2D eigenvalue weighted by Gasteiger charge is -2.15. The van der Waals surface area contributed by atoms with Crippen molar-refractivity contribution in [3.63, 3.8) is 0 Å². The first-order chi connectivity index (χ1) is 9.70. The normalized spacial score (nSPS) is 21.1. The molecule has 1 saturated carbocycles. The molecule has 1 aliphatic rings. The van der Waals surface area contributed by atoms with Gasteiger partial charge in [-0.1, -0.05) is 37.7 Å². The molecule has 1 aromatic carbocycles. The van der Waals surface area contributed by atoms with E-state index in [-0.39, 0.29) is 12.5 Å². The van der Waals surface area contributed by atoms with Gasteiger partial charge in [0, 0.05) is 17.7 Å². The standard InChI is InChI=1S/C17H21NO2/c1-13-5-2-9-16(13)12-18-17(20)15-8-3-6-14(11-15)7-4-10-19/h3,6,8,11,13,16,19H,2,5,9-10,12H2,1H3,(H,18,20). The van der Waals surface area contributed by atoms with E-state index in [9.17, 15) is 4.79 Å². The van der Waals surface area contributed by atoms with Gasteiger partial charge in [-0.2, -0.15) is 0 Å². The summed E-state index contributed by atoms with van der Waals surface area (Å²) in [5.74, 6) is 6.67. The number of amides is 1.